The van der Waals surface area contributed by atoms with Crippen LogP contribution >= 0.6 is 0 Å². The summed E-state index contributed by atoms with van der Waals surface area (Å²) in [5, 5.41) is 2.85. The van der Waals surface area contributed by atoms with Crippen LogP contribution in [0.4, 0.5) is 5.69 Å². The molecule has 1 atom stereocenters. The standard InChI is InChI=1S/C21H26N2O5S/c1-15-9-10-19-18(12-15)23(29(3,25)26)14-20(28-19)21(24)22-11-5-7-16-6-4-8-17(13-16)27-2/h4,6,8-10,12-13,20H,5,7,11,14H2,1-3H3,(H,22,24)/t20-/m1/s1. The Bertz CT molecular complexity index is 990. The van der Waals surface area contributed by atoms with Gasteiger partial charge in [-0.1, -0.05) is 18.2 Å². The molecule has 0 saturated heterocycles. The van der Waals surface area contributed by atoms with E-state index in [2.05, 4.69) is 5.32 Å². The lowest BCUT2D eigenvalue weighted by Gasteiger charge is -2.34. The maximum absolute atomic E-state index is 12.6. The van der Waals surface area contributed by atoms with E-state index in [9.17, 15) is 13.2 Å². The summed E-state index contributed by atoms with van der Waals surface area (Å²) in [6, 6.07) is 13.1. The number of carbonyl (C=O) groups is 1. The molecule has 1 aliphatic heterocycles. The van der Waals surface area contributed by atoms with Crippen molar-refractivity contribution in [3.05, 3.63) is 53.6 Å². The highest BCUT2D eigenvalue weighted by molar-refractivity contribution is 7.92. The zero-order valence-corrected chi connectivity index (χ0v) is 17.7. The van der Waals surface area contributed by atoms with Crippen LogP contribution in [0.1, 0.15) is 17.5 Å². The quantitative estimate of drug-likeness (QED) is 0.698. The van der Waals surface area contributed by atoms with E-state index in [4.69, 9.17) is 9.47 Å². The van der Waals surface area contributed by atoms with E-state index in [0.29, 0.717) is 18.0 Å². The van der Waals surface area contributed by atoms with Crippen molar-refractivity contribution in [2.24, 2.45) is 0 Å². The van der Waals surface area contributed by atoms with Crippen LogP contribution in [0.15, 0.2) is 42.5 Å². The largest absolute Gasteiger partial charge is 0.497 e. The van der Waals surface area contributed by atoms with Crippen LogP contribution in [-0.4, -0.2) is 46.9 Å². The van der Waals surface area contributed by atoms with Gasteiger partial charge < -0.3 is 14.8 Å². The van der Waals surface area contributed by atoms with Gasteiger partial charge in [0.2, 0.25) is 10.0 Å². The highest BCUT2D eigenvalue weighted by Gasteiger charge is 2.34. The number of rotatable bonds is 7. The first kappa shape index (κ1) is 21.0. The molecule has 3 rings (SSSR count). The second-order valence-electron chi connectivity index (χ2n) is 7.12. The van der Waals surface area contributed by atoms with Crippen molar-refractivity contribution in [3.63, 3.8) is 0 Å². The van der Waals surface area contributed by atoms with E-state index in [-0.39, 0.29) is 12.5 Å². The normalized spacial score (nSPS) is 16.0. The van der Waals surface area contributed by atoms with E-state index in [0.717, 1.165) is 36.0 Å². The van der Waals surface area contributed by atoms with E-state index in [1.54, 1.807) is 19.2 Å². The number of nitrogens with one attached hydrogen (secondary N) is 1. The molecule has 1 amide bonds. The van der Waals surface area contributed by atoms with E-state index >= 15 is 0 Å². The Morgan fingerprint density at radius 3 is 2.79 bits per heavy atom. The molecule has 0 unspecified atom stereocenters. The number of amides is 1. The minimum absolute atomic E-state index is 0.0446. The Balaban J connectivity index is 1.60. The Hall–Kier alpha value is -2.74. The Morgan fingerprint density at radius 2 is 2.07 bits per heavy atom. The molecular formula is C21H26N2O5S. The number of sulfonamides is 1. The van der Waals surface area contributed by atoms with Gasteiger partial charge in [0.05, 0.1) is 25.6 Å². The number of aryl methyl sites for hydroxylation is 2. The van der Waals surface area contributed by atoms with Crippen LogP contribution in [0.3, 0.4) is 0 Å². The average molecular weight is 419 g/mol. The van der Waals surface area contributed by atoms with Gasteiger partial charge in [0, 0.05) is 6.54 Å². The first-order valence-corrected chi connectivity index (χ1v) is 11.3. The third kappa shape index (κ3) is 5.20. The lowest BCUT2D eigenvalue weighted by Crippen LogP contribution is -2.50. The SMILES string of the molecule is COc1cccc(CCCNC(=O)[C@H]2CN(S(C)(=O)=O)c3cc(C)ccc3O2)c1. The van der Waals surface area contributed by atoms with Crippen molar-refractivity contribution in [3.8, 4) is 11.5 Å². The molecule has 2 aromatic carbocycles. The van der Waals surface area contributed by atoms with Gasteiger partial charge in [-0.25, -0.2) is 8.42 Å². The van der Waals surface area contributed by atoms with Crippen LogP contribution in [0, 0.1) is 6.92 Å². The molecule has 0 spiro atoms. The minimum Gasteiger partial charge on any atom is -0.497 e. The van der Waals surface area contributed by atoms with Gasteiger partial charge in [0.25, 0.3) is 5.91 Å². The van der Waals surface area contributed by atoms with Crippen LogP contribution < -0.4 is 19.1 Å². The first-order valence-electron chi connectivity index (χ1n) is 9.43. The molecule has 0 radical (unpaired) electrons. The molecule has 8 heteroatoms. The van der Waals surface area contributed by atoms with Gasteiger partial charge in [0.15, 0.2) is 6.10 Å². The third-order valence-corrected chi connectivity index (χ3v) is 5.90. The van der Waals surface area contributed by atoms with Gasteiger partial charge in [0.1, 0.15) is 11.5 Å². The number of benzene rings is 2. The van der Waals surface area contributed by atoms with Crippen molar-refractivity contribution < 1.29 is 22.7 Å². The molecule has 1 heterocycles. The minimum atomic E-state index is -3.53. The zero-order valence-electron chi connectivity index (χ0n) is 16.8. The molecule has 2 aromatic rings. The van der Waals surface area contributed by atoms with Crippen molar-refractivity contribution in [1.29, 1.82) is 0 Å². The van der Waals surface area contributed by atoms with E-state index in [1.165, 1.54) is 4.31 Å². The van der Waals surface area contributed by atoms with Crippen LogP contribution in [0.2, 0.25) is 0 Å². The Kier molecular flexibility index (Phi) is 6.32. The molecule has 0 bridgehead atoms. The number of methoxy groups -OCH3 is 1. The van der Waals surface area contributed by atoms with Gasteiger partial charge in [-0.2, -0.15) is 0 Å². The highest BCUT2D eigenvalue weighted by Crippen LogP contribution is 2.35. The number of fused-ring (bicyclic) bond motifs is 1. The maximum atomic E-state index is 12.6. The number of carbonyl (C=O) groups excluding carboxylic acids is 1. The summed E-state index contributed by atoms with van der Waals surface area (Å²) < 4.78 is 36.7. The van der Waals surface area contributed by atoms with Crippen LogP contribution in [0.25, 0.3) is 0 Å². The van der Waals surface area contributed by atoms with E-state index in [1.807, 2.05) is 37.3 Å². The smallest absolute Gasteiger partial charge is 0.263 e. The van der Waals surface area contributed by atoms with Crippen molar-refractivity contribution >= 4 is 21.6 Å². The van der Waals surface area contributed by atoms with Gasteiger partial charge >= 0.3 is 0 Å². The first-order chi connectivity index (χ1) is 13.8. The van der Waals surface area contributed by atoms with Crippen molar-refractivity contribution in [2.75, 3.05) is 30.8 Å². The Labute approximate surface area is 171 Å². The molecule has 29 heavy (non-hydrogen) atoms. The average Bonchev–Trinajstić information content (AvgIpc) is 2.69. The number of hydrogen-bond acceptors (Lipinski definition) is 5. The zero-order chi connectivity index (χ0) is 21.0. The number of anilines is 1. The summed E-state index contributed by atoms with van der Waals surface area (Å²) in [6.07, 6.45) is 1.78. The fraction of sp³-hybridized carbons (Fsp3) is 0.381. The molecule has 1 aliphatic rings. The molecule has 1 N–H and O–H groups in total. The summed E-state index contributed by atoms with van der Waals surface area (Å²) in [5.74, 6) is 0.872. The van der Waals surface area contributed by atoms with Gasteiger partial charge in [-0.15, -0.1) is 0 Å². The summed E-state index contributed by atoms with van der Waals surface area (Å²) >= 11 is 0. The summed E-state index contributed by atoms with van der Waals surface area (Å²) in [4.78, 5) is 12.6. The van der Waals surface area contributed by atoms with E-state index < -0.39 is 16.1 Å². The lowest BCUT2D eigenvalue weighted by atomic mass is 10.1. The number of nitrogens with zero attached hydrogens (tertiary/aromatic N) is 1. The fourth-order valence-corrected chi connectivity index (χ4v) is 4.16. The lowest BCUT2D eigenvalue weighted by molar-refractivity contribution is -0.127. The molecule has 156 valence electrons. The van der Waals surface area contributed by atoms with Crippen LogP contribution in [0.5, 0.6) is 11.5 Å². The fourth-order valence-electron chi connectivity index (χ4n) is 3.26. The molecule has 0 saturated carbocycles. The second kappa shape index (κ2) is 8.73. The summed E-state index contributed by atoms with van der Waals surface area (Å²) in [7, 11) is -1.90. The number of ether oxygens (including phenoxy) is 2. The number of hydrogen-bond donors (Lipinski definition) is 1. The summed E-state index contributed by atoms with van der Waals surface area (Å²) in [6.45, 7) is 2.30. The maximum Gasteiger partial charge on any atom is 0.263 e. The molecule has 0 fully saturated rings. The van der Waals surface area contributed by atoms with Crippen molar-refractivity contribution in [1.82, 2.24) is 5.32 Å². The molecule has 7 nitrogen and oxygen atoms in total. The molecule has 0 aliphatic carbocycles. The van der Waals surface area contributed by atoms with Crippen molar-refractivity contribution in [2.45, 2.75) is 25.9 Å². The highest BCUT2D eigenvalue weighted by atomic mass is 32.2. The van der Waals surface area contributed by atoms with Gasteiger partial charge in [-0.05, 0) is 55.2 Å². The predicted molar refractivity (Wildman–Crippen MR) is 112 cm³/mol. The predicted octanol–water partition coefficient (Wildman–Crippen LogP) is 2.28. The topological polar surface area (TPSA) is 84.9 Å². The Morgan fingerprint density at radius 1 is 1.28 bits per heavy atom. The monoisotopic (exact) mass is 418 g/mol. The summed E-state index contributed by atoms with van der Waals surface area (Å²) in [5.41, 5.74) is 2.51. The molecular weight excluding hydrogens is 392 g/mol. The second-order valence-corrected chi connectivity index (χ2v) is 9.02. The third-order valence-electron chi connectivity index (χ3n) is 4.75. The molecule has 0 aromatic heterocycles. The van der Waals surface area contributed by atoms with Gasteiger partial charge in [-0.3, -0.25) is 9.10 Å². The van der Waals surface area contributed by atoms with Crippen LogP contribution in [-0.2, 0) is 21.2 Å².